The Morgan fingerprint density at radius 1 is 1.17 bits per heavy atom. The summed E-state index contributed by atoms with van der Waals surface area (Å²) in [5.74, 6) is 0.512. The molecule has 0 bridgehead atoms. The first-order chi connectivity index (χ1) is 14.0. The van der Waals surface area contributed by atoms with Gasteiger partial charge in [0.05, 0.1) is 18.5 Å². The quantitative estimate of drug-likeness (QED) is 0.575. The van der Waals surface area contributed by atoms with Gasteiger partial charge < -0.3 is 9.64 Å². The topological polar surface area (TPSA) is 64.4 Å². The lowest BCUT2D eigenvalue weighted by Crippen LogP contribution is -2.34. The number of aromatic nitrogens is 2. The summed E-state index contributed by atoms with van der Waals surface area (Å²) < 4.78 is 6.56. The summed E-state index contributed by atoms with van der Waals surface area (Å²) in [6.07, 6.45) is 1.68. The minimum atomic E-state index is -0.244. The minimum Gasteiger partial charge on any atom is -0.497 e. The maximum Gasteiger partial charge on any atom is 0.275 e. The molecule has 0 atom stereocenters. The van der Waals surface area contributed by atoms with Crippen LogP contribution in [0.2, 0.25) is 0 Å². The van der Waals surface area contributed by atoms with Crippen molar-refractivity contribution in [2.75, 3.05) is 13.7 Å². The zero-order valence-electron chi connectivity index (χ0n) is 17.0. The van der Waals surface area contributed by atoms with Crippen molar-refractivity contribution in [2.24, 2.45) is 0 Å². The van der Waals surface area contributed by atoms with E-state index in [1.54, 1.807) is 42.4 Å². The molecule has 0 N–H and O–H groups in total. The Morgan fingerprint density at radius 3 is 2.41 bits per heavy atom. The molecule has 0 aliphatic carbocycles. The van der Waals surface area contributed by atoms with Crippen LogP contribution in [-0.4, -0.2) is 34.2 Å². The lowest BCUT2D eigenvalue weighted by atomic mass is 10.1. The fourth-order valence-corrected chi connectivity index (χ4v) is 3.19. The van der Waals surface area contributed by atoms with Crippen molar-refractivity contribution in [3.63, 3.8) is 0 Å². The van der Waals surface area contributed by atoms with Crippen molar-refractivity contribution in [1.82, 2.24) is 14.7 Å². The Balaban J connectivity index is 2.05. The molecule has 0 aliphatic heterocycles. The number of ether oxygens (including phenoxy) is 1. The van der Waals surface area contributed by atoms with Crippen molar-refractivity contribution < 1.29 is 9.53 Å². The normalized spacial score (nSPS) is 10.9. The molecule has 0 spiro atoms. The van der Waals surface area contributed by atoms with Gasteiger partial charge in [-0.05, 0) is 37.6 Å². The molecule has 150 valence electrons. The number of hydrogen-bond donors (Lipinski definition) is 0. The molecule has 29 heavy (non-hydrogen) atoms. The molecular weight excluding hydrogens is 366 g/mol. The van der Waals surface area contributed by atoms with Gasteiger partial charge in [0.2, 0.25) is 0 Å². The summed E-state index contributed by atoms with van der Waals surface area (Å²) in [7, 11) is 1.61. The van der Waals surface area contributed by atoms with Gasteiger partial charge >= 0.3 is 0 Å². The first-order valence-corrected chi connectivity index (χ1v) is 9.51. The molecule has 6 heteroatoms. The molecular formula is C23H25N3O3. The van der Waals surface area contributed by atoms with Crippen molar-refractivity contribution in [3.8, 4) is 5.75 Å². The SMILES string of the molecule is C=CCN(Cc1ccc(OC)cc1)C(=O)c1nn(C(C)C)c(=O)c2ccccc12. The number of carbonyl (C=O) groups is 1. The molecule has 6 nitrogen and oxygen atoms in total. The standard InChI is InChI=1S/C23H25N3O3/c1-5-14-25(15-17-10-12-18(29-4)13-11-17)23(28)21-19-8-6-7-9-20(19)22(27)26(24-21)16(2)3/h5-13,16H,1,14-15H2,2-4H3. The van der Waals surface area contributed by atoms with Gasteiger partial charge in [-0.1, -0.05) is 36.4 Å². The average molecular weight is 391 g/mol. The van der Waals surface area contributed by atoms with Crippen molar-refractivity contribution in [3.05, 3.63) is 82.8 Å². The molecule has 0 saturated heterocycles. The summed E-state index contributed by atoms with van der Waals surface area (Å²) in [6.45, 7) is 8.28. The molecule has 1 aromatic heterocycles. The van der Waals surface area contributed by atoms with Crippen LogP contribution in [0.5, 0.6) is 5.75 Å². The van der Waals surface area contributed by atoms with Gasteiger partial charge in [0, 0.05) is 18.5 Å². The van der Waals surface area contributed by atoms with Crippen molar-refractivity contribution in [1.29, 1.82) is 0 Å². The van der Waals surface area contributed by atoms with E-state index in [-0.39, 0.29) is 23.2 Å². The van der Waals surface area contributed by atoms with E-state index in [4.69, 9.17) is 4.74 Å². The third kappa shape index (κ3) is 4.21. The maximum atomic E-state index is 13.4. The second-order valence-corrected chi connectivity index (χ2v) is 7.06. The summed E-state index contributed by atoms with van der Waals surface area (Å²) in [4.78, 5) is 27.8. The van der Waals surface area contributed by atoms with Crippen LogP contribution in [0.15, 0.2) is 66.0 Å². The van der Waals surface area contributed by atoms with Gasteiger partial charge in [0.1, 0.15) is 5.75 Å². The molecule has 0 unspecified atom stereocenters. The third-order valence-corrected chi connectivity index (χ3v) is 4.69. The highest BCUT2D eigenvalue weighted by Gasteiger charge is 2.22. The zero-order chi connectivity index (χ0) is 21.0. The highest BCUT2D eigenvalue weighted by molar-refractivity contribution is 6.04. The van der Waals surface area contributed by atoms with Gasteiger partial charge in [-0.25, -0.2) is 4.68 Å². The molecule has 1 amide bonds. The number of rotatable bonds is 7. The Morgan fingerprint density at radius 2 is 1.83 bits per heavy atom. The zero-order valence-corrected chi connectivity index (χ0v) is 17.0. The van der Waals surface area contributed by atoms with Crippen LogP contribution >= 0.6 is 0 Å². The van der Waals surface area contributed by atoms with Crippen LogP contribution in [0, 0.1) is 0 Å². The van der Waals surface area contributed by atoms with Crippen LogP contribution < -0.4 is 10.3 Å². The second-order valence-electron chi connectivity index (χ2n) is 7.06. The maximum absolute atomic E-state index is 13.4. The fourth-order valence-electron chi connectivity index (χ4n) is 3.19. The average Bonchev–Trinajstić information content (AvgIpc) is 2.73. The van der Waals surface area contributed by atoms with E-state index in [1.807, 2.05) is 38.1 Å². The predicted molar refractivity (Wildman–Crippen MR) is 114 cm³/mol. The van der Waals surface area contributed by atoms with Crippen LogP contribution in [0.3, 0.4) is 0 Å². The van der Waals surface area contributed by atoms with Crippen molar-refractivity contribution >= 4 is 16.7 Å². The monoisotopic (exact) mass is 391 g/mol. The summed E-state index contributed by atoms with van der Waals surface area (Å²) in [6, 6.07) is 14.5. The number of fused-ring (bicyclic) bond motifs is 1. The molecule has 1 heterocycles. The molecule has 0 fully saturated rings. The smallest absolute Gasteiger partial charge is 0.275 e. The van der Waals surface area contributed by atoms with E-state index in [2.05, 4.69) is 11.7 Å². The van der Waals surface area contributed by atoms with Crippen LogP contribution in [0.4, 0.5) is 0 Å². The largest absolute Gasteiger partial charge is 0.497 e. The van der Waals surface area contributed by atoms with E-state index in [0.717, 1.165) is 11.3 Å². The van der Waals surface area contributed by atoms with Gasteiger partial charge in [-0.15, -0.1) is 6.58 Å². The lowest BCUT2D eigenvalue weighted by molar-refractivity contribution is 0.0756. The Labute approximate surface area is 170 Å². The van der Waals surface area contributed by atoms with Gasteiger partial charge in [0.25, 0.3) is 11.5 Å². The van der Waals surface area contributed by atoms with Crippen LogP contribution in [-0.2, 0) is 6.54 Å². The first kappa shape index (κ1) is 20.3. The van der Waals surface area contributed by atoms with E-state index in [1.165, 1.54) is 4.68 Å². The van der Waals surface area contributed by atoms with E-state index in [0.29, 0.717) is 23.9 Å². The predicted octanol–water partition coefficient (Wildman–Crippen LogP) is 3.81. The minimum absolute atomic E-state index is 0.159. The number of amides is 1. The number of benzene rings is 2. The van der Waals surface area contributed by atoms with E-state index >= 15 is 0 Å². The summed E-state index contributed by atoms with van der Waals surface area (Å²) in [5.41, 5.74) is 1.03. The van der Waals surface area contributed by atoms with E-state index in [9.17, 15) is 9.59 Å². The highest BCUT2D eigenvalue weighted by atomic mass is 16.5. The lowest BCUT2D eigenvalue weighted by Gasteiger charge is -2.22. The number of carbonyl (C=O) groups excluding carboxylic acids is 1. The van der Waals surface area contributed by atoms with Gasteiger partial charge in [-0.3, -0.25) is 9.59 Å². The third-order valence-electron chi connectivity index (χ3n) is 4.69. The Kier molecular flexibility index (Phi) is 6.12. The molecule has 2 aromatic carbocycles. The van der Waals surface area contributed by atoms with Crippen LogP contribution in [0.25, 0.3) is 10.8 Å². The molecule has 3 aromatic rings. The van der Waals surface area contributed by atoms with Gasteiger partial charge in [0.15, 0.2) is 5.69 Å². The van der Waals surface area contributed by atoms with Crippen molar-refractivity contribution in [2.45, 2.75) is 26.4 Å². The van der Waals surface area contributed by atoms with Crippen LogP contribution in [0.1, 0.15) is 35.9 Å². The van der Waals surface area contributed by atoms with Gasteiger partial charge in [-0.2, -0.15) is 5.10 Å². The summed E-state index contributed by atoms with van der Waals surface area (Å²) >= 11 is 0. The highest BCUT2D eigenvalue weighted by Crippen LogP contribution is 2.19. The van der Waals surface area contributed by atoms with E-state index < -0.39 is 0 Å². The number of hydrogen-bond acceptors (Lipinski definition) is 4. The fraction of sp³-hybridized carbons (Fsp3) is 0.261. The first-order valence-electron chi connectivity index (χ1n) is 9.51. The number of nitrogens with zero attached hydrogens (tertiary/aromatic N) is 3. The second kappa shape index (κ2) is 8.73. The summed E-state index contributed by atoms with van der Waals surface area (Å²) in [5, 5.41) is 5.48. The Bertz CT molecular complexity index is 1080. The Hall–Kier alpha value is -3.41. The molecule has 0 saturated carbocycles. The number of methoxy groups -OCH3 is 1. The molecule has 3 rings (SSSR count). The molecule has 0 aliphatic rings. The molecule has 0 radical (unpaired) electrons.